The van der Waals surface area contributed by atoms with E-state index in [-0.39, 0.29) is 5.41 Å². The third-order valence-corrected chi connectivity index (χ3v) is 3.80. The maximum Gasteiger partial charge on any atom is 0.137 e. The molecule has 0 bridgehead atoms. The van der Waals surface area contributed by atoms with Crippen LogP contribution in [-0.2, 0) is 5.41 Å². The molecule has 19 heavy (non-hydrogen) atoms. The maximum atomic E-state index is 4.58. The predicted octanol–water partition coefficient (Wildman–Crippen LogP) is 4.48. The lowest BCUT2D eigenvalue weighted by molar-refractivity contribution is 0.544. The number of halogens is 1. The molecule has 0 saturated heterocycles. The predicted molar refractivity (Wildman–Crippen MR) is 89.2 cm³/mol. The first-order chi connectivity index (χ1) is 8.93. The van der Waals surface area contributed by atoms with Crippen LogP contribution in [0.3, 0.4) is 0 Å². The summed E-state index contributed by atoms with van der Waals surface area (Å²) in [4.78, 5) is 9.02. The number of nitrogens with zero attached hydrogens (tertiary/aromatic N) is 2. The van der Waals surface area contributed by atoms with Gasteiger partial charge in [-0.1, -0.05) is 27.2 Å². The fraction of sp³-hybridized carbons (Fsp3) is 0.714. The van der Waals surface area contributed by atoms with Gasteiger partial charge in [-0.2, -0.15) is 11.8 Å². The molecule has 0 aliphatic carbocycles. The molecule has 0 spiro atoms. The van der Waals surface area contributed by atoms with Crippen LogP contribution in [0.25, 0.3) is 0 Å². The van der Waals surface area contributed by atoms with Crippen molar-refractivity contribution in [3.05, 3.63) is 16.5 Å². The number of thioether (sulfide) groups is 1. The molecule has 0 atom stereocenters. The van der Waals surface area contributed by atoms with E-state index in [2.05, 4.69) is 58.2 Å². The fourth-order valence-electron chi connectivity index (χ4n) is 1.61. The van der Waals surface area contributed by atoms with Crippen LogP contribution in [0.15, 0.2) is 10.7 Å². The smallest absolute Gasteiger partial charge is 0.137 e. The van der Waals surface area contributed by atoms with Gasteiger partial charge in [-0.05, 0) is 40.8 Å². The van der Waals surface area contributed by atoms with Crippen LogP contribution in [0.4, 0.5) is 5.82 Å². The molecule has 3 nitrogen and oxygen atoms in total. The van der Waals surface area contributed by atoms with Crippen molar-refractivity contribution in [3.63, 3.8) is 0 Å². The van der Waals surface area contributed by atoms with Crippen LogP contribution in [0.5, 0.6) is 0 Å². The molecule has 1 rings (SSSR count). The van der Waals surface area contributed by atoms with E-state index in [0.717, 1.165) is 22.8 Å². The summed E-state index contributed by atoms with van der Waals surface area (Å²) in [6.07, 6.45) is 5.91. The maximum absolute atomic E-state index is 4.58. The SMILES string of the molecule is CSCCCCCNc1cc(Br)nc(C(C)(C)C)n1. The van der Waals surface area contributed by atoms with E-state index < -0.39 is 0 Å². The Balaban J connectivity index is 2.48. The van der Waals surface area contributed by atoms with E-state index in [1.54, 1.807) is 0 Å². The van der Waals surface area contributed by atoms with Gasteiger partial charge in [-0.15, -0.1) is 0 Å². The van der Waals surface area contributed by atoms with Crippen LogP contribution < -0.4 is 5.32 Å². The summed E-state index contributed by atoms with van der Waals surface area (Å²) in [5.41, 5.74) is -0.0292. The number of anilines is 1. The highest BCUT2D eigenvalue weighted by Crippen LogP contribution is 2.22. The lowest BCUT2D eigenvalue weighted by Gasteiger charge is -2.18. The molecule has 108 valence electrons. The normalized spacial score (nSPS) is 11.6. The zero-order chi connectivity index (χ0) is 14.3. The Hall–Kier alpha value is -0.290. The largest absolute Gasteiger partial charge is 0.370 e. The summed E-state index contributed by atoms with van der Waals surface area (Å²) in [5.74, 6) is 3.04. The molecule has 5 heteroatoms. The first kappa shape index (κ1) is 16.8. The summed E-state index contributed by atoms with van der Waals surface area (Å²) in [5, 5.41) is 3.39. The number of unbranched alkanes of at least 4 members (excludes halogenated alkanes) is 2. The molecule has 0 amide bonds. The Morgan fingerprint density at radius 1 is 1.21 bits per heavy atom. The molecular formula is C14H24BrN3S. The van der Waals surface area contributed by atoms with Crippen molar-refractivity contribution in [2.24, 2.45) is 0 Å². The average Bonchev–Trinajstić information content (AvgIpc) is 2.32. The fourth-order valence-corrected chi connectivity index (χ4v) is 2.49. The quantitative estimate of drug-likeness (QED) is 0.583. The molecule has 1 heterocycles. The minimum atomic E-state index is -0.0292. The molecule has 0 saturated carbocycles. The van der Waals surface area contributed by atoms with Gasteiger partial charge in [0, 0.05) is 18.0 Å². The van der Waals surface area contributed by atoms with Gasteiger partial charge in [0.1, 0.15) is 16.2 Å². The topological polar surface area (TPSA) is 37.8 Å². The highest BCUT2D eigenvalue weighted by Gasteiger charge is 2.18. The molecule has 0 unspecified atom stereocenters. The van der Waals surface area contributed by atoms with Gasteiger partial charge < -0.3 is 5.32 Å². The van der Waals surface area contributed by atoms with Crippen LogP contribution in [0.1, 0.15) is 45.9 Å². The zero-order valence-electron chi connectivity index (χ0n) is 12.3. The van der Waals surface area contributed by atoms with Crippen molar-refractivity contribution < 1.29 is 0 Å². The van der Waals surface area contributed by atoms with Crippen molar-refractivity contribution in [1.29, 1.82) is 0 Å². The van der Waals surface area contributed by atoms with Crippen LogP contribution in [0, 0.1) is 0 Å². The summed E-state index contributed by atoms with van der Waals surface area (Å²) in [7, 11) is 0. The Bertz CT molecular complexity index is 391. The molecule has 1 aromatic heterocycles. The van der Waals surface area contributed by atoms with Crippen molar-refractivity contribution in [3.8, 4) is 0 Å². The van der Waals surface area contributed by atoms with Crippen molar-refractivity contribution >= 4 is 33.5 Å². The number of nitrogens with one attached hydrogen (secondary N) is 1. The van der Waals surface area contributed by atoms with Gasteiger partial charge in [0.15, 0.2) is 0 Å². The lowest BCUT2D eigenvalue weighted by Crippen LogP contribution is -2.17. The highest BCUT2D eigenvalue weighted by molar-refractivity contribution is 9.10. The summed E-state index contributed by atoms with van der Waals surface area (Å²) in [6, 6.07) is 1.94. The third-order valence-electron chi connectivity index (χ3n) is 2.70. The minimum Gasteiger partial charge on any atom is -0.370 e. The van der Waals surface area contributed by atoms with Gasteiger partial charge in [0.25, 0.3) is 0 Å². The number of hydrogen-bond donors (Lipinski definition) is 1. The van der Waals surface area contributed by atoms with Gasteiger partial charge in [-0.3, -0.25) is 0 Å². The molecule has 0 aromatic carbocycles. The van der Waals surface area contributed by atoms with E-state index in [9.17, 15) is 0 Å². The monoisotopic (exact) mass is 345 g/mol. The van der Waals surface area contributed by atoms with E-state index in [0.29, 0.717) is 0 Å². The van der Waals surface area contributed by atoms with Gasteiger partial charge in [-0.25, -0.2) is 9.97 Å². The molecule has 0 radical (unpaired) electrons. The Morgan fingerprint density at radius 3 is 2.58 bits per heavy atom. The average molecular weight is 346 g/mol. The Morgan fingerprint density at radius 2 is 1.95 bits per heavy atom. The third kappa shape index (κ3) is 6.61. The van der Waals surface area contributed by atoms with E-state index in [1.165, 1.54) is 25.0 Å². The van der Waals surface area contributed by atoms with Gasteiger partial charge >= 0.3 is 0 Å². The van der Waals surface area contributed by atoms with Crippen molar-refractivity contribution in [2.75, 3.05) is 23.9 Å². The number of rotatable bonds is 7. The van der Waals surface area contributed by atoms with Gasteiger partial charge in [0.05, 0.1) is 0 Å². The summed E-state index contributed by atoms with van der Waals surface area (Å²) < 4.78 is 0.845. The molecule has 0 fully saturated rings. The first-order valence-corrected chi connectivity index (χ1v) is 8.90. The second-order valence-electron chi connectivity index (χ2n) is 5.63. The van der Waals surface area contributed by atoms with Crippen molar-refractivity contribution in [2.45, 2.75) is 45.4 Å². The lowest BCUT2D eigenvalue weighted by atomic mass is 9.96. The van der Waals surface area contributed by atoms with E-state index in [4.69, 9.17) is 0 Å². The molecule has 0 aliphatic heterocycles. The van der Waals surface area contributed by atoms with Gasteiger partial charge in [0.2, 0.25) is 0 Å². The molecule has 0 aliphatic rings. The van der Waals surface area contributed by atoms with Crippen LogP contribution in [-0.4, -0.2) is 28.5 Å². The highest BCUT2D eigenvalue weighted by atomic mass is 79.9. The second-order valence-corrected chi connectivity index (χ2v) is 7.43. The van der Waals surface area contributed by atoms with Crippen LogP contribution in [0.2, 0.25) is 0 Å². The van der Waals surface area contributed by atoms with E-state index in [1.807, 2.05) is 17.8 Å². The van der Waals surface area contributed by atoms with Crippen molar-refractivity contribution in [1.82, 2.24) is 9.97 Å². The Labute approximate surface area is 129 Å². The molecular weight excluding hydrogens is 322 g/mol. The molecule has 1 N–H and O–H groups in total. The number of aromatic nitrogens is 2. The number of hydrogen-bond acceptors (Lipinski definition) is 4. The zero-order valence-corrected chi connectivity index (χ0v) is 14.7. The van der Waals surface area contributed by atoms with E-state index >= 15 is 0 Å². The Kier molecular flexibility index (Phi) is 7.15. The summed E-state index contributed by atoms with van der Waals surface area (Å²) >= 11 is 5.37. The minimum absolute atomic E-state index is 0.0292. The summed E-state index contributed by atoms with van der Waals surface area (Å²) in [6.45, 7) is 7.35. The standard InChI is InChI=1S/C14H24BrN3S/c1-14(2,3)13-17-11(15)10-12(18-13)16-8-6-5-7-9-19-4/h10H,5-9H2,1-4H3,(H,16,17,18). The second kappa shape index (κ2) is 8.10. The first-order valence-electron chi connectivity index (χ1n) is 6.71. The van der Waals surface area contributed by atoms with Crippen LogP contribution >= 0.6 is 27.7 Å². The molecule has 1 aromatic rings.